The molecule has 0 saturated carbocycles. The molecule has 0 heterocycles. The number of hydrogen-bond donors (Lipinski definition) is 2. The van der Waals surface area contributed by atoms with Crippen LogP contribution in [-0.2, 0) is 4.74 Å². The van der Waals surface area contributed by atoms with E-state index in [4.69, 9.17) is 15.6 Å². The van der Waals surface area contributed by atoms with Crippen LogP contribution >= 0.6 is 0 Å². The number of aliphatic hydroxyl groups is 1. The van der Waals surface area contributed by atoms with Crippen molar-refractivity contribution in [2.75, 3.05) is 19.8 Å². The molecule has 0 rings (SSSR count). The maximum absolute atomic E-state index is 8.68. The van der Waals surface area contributed by atoms with Gasteiger partial charge in [-0.2, -0.15) is 0 Å². The molecule has 0 atom stereocenters. The Labute approximate surface area is 87.6 Å². The molecular formula is C11H25NO2. The van der Waals surface area contributed by atoms with Crippen molar-refractivity contribution in [2.45, 2.75) is 51.6 Å². The molecule has 0 fully saturated rings. The van der Waals surface area contributed by atoms with Crippen LogP contribution in [0.5, 0.6) is 0 Å². The molecule has 0 bridgehead atoms. The van der Waals surface area contributed by atoms with Crippen LogP contribution < -0.4 is 5.73 Å². The Kier molecular flexibility index (Phi) is 8.14. The Hall–Kier alpha value is -0.120. The van der Waals surface area contributed by atoms with Gasteiger partial charge in [-0.1, -0.05) is 26.7 Å². The van der Waals surface area contributed by atoms with Crippen molar-refractivity contribution < 1.29 is 9.84 Å². The smallest absolute Gasteiger partial charge is 0.0803 e. The molecule has 3 heteroatoms. The molecule has 3 nitrogen and oxygen atoms in total. The second-order valence-electron chi connectivity index (χ2n) is 3.81. The standard InChI is InChI=1S/C11H25NO2/c1-3-6-11(10-12,7-4-2)14-9-5-8-13/h13H,3-10,12H2,1-2H3. The normalized spacial score (nSPS) is 12.0. The van der Waals surface area contributed by atoms with Crippen molar-refractivity contribution in [1.82, 2.24) is 0 Å². The molecule has 14 heavy (non-hydrogen) atoms. The van der Waals surface area contributed by atoms with E-state index in [9.17, 15) is 0 Å². The van der Waals surface area contributed by atoms with Gasteiger partial charge >= 0.3 is 0 Å². The maximum atomic E-state index is 8.68. The lowest BCUT2D eigenvalue weighted by molar-refractivity contribution is -0.0555. The van der Waals surface area contributed by atoms with Gasteiger partial charge in [0.25, 0.3) is 0 Å². The topological polar surface area (TPSA) is 55.5 Å². The van der Waals surface area contributed by atoms with E-state index in [1.807, 2.05) is 0 Å². The van der Waals surface area contributed by atoms with Crippen LogP contribution in [0.4, 0.5) is 0 Å². The van der Waals surface area contributed by atoms with Gasteiger partial charge < -0.3 is 15.6 Å². The fraction of sp³-hybridized carbons (Fsp3) is 1.00. The third-order valence-electron chi connectivity index (χ3n) is 2.49. The SMILES string of the molecule is CCCC(CN)(CCC)OCCCO. The van der Waals surface area contributed by atoms with E-state index in [0.717, 1.165) is 25.7 Å². The highest BCUT2D eigenvalue weighted by Crippen LogP contribution is 2.23. The lowest BCUT2D eigenvalue weighted by Crippen LogP contribution is -2.41. The zero-order valence-electron chi connectivity index (χ0n) is 9.59. The largest absolute Gasteiger partial charge is 0.396 e. The lowest BCUT2D eigenvalue weighted by atomic mass is 9.92. The minimum atomic E-state index is -0.140. The number of aliphatic hydroxyl groups excluding tert-OH is 1. The Balaban J connectivity index is 4.03. The number of rotatable bonds is 9. The molecule has 0 aliphatic rings. The molecule has 86 valence electrons. The second kappa shape index (κ2) is 8.21. The van der Waals surface area contributed by atoms with Crippen LogP contribution in [-0.4, -0.2) is 30.5 Å². The van der Waals surface area contributed by atoms with Crippen LogP contribution in [0.3, 0.4) is 0 Å². The van der Waals surface area contributed by atoms with Crippen molar-refractivity contribution in [3.05, 3.63) is 0 Å². The van der Waals surface area contributed by atoms with Crippen LogP contribution in [0.1, 0.15) is 46.0 Å². The molecule has 0 aromatic carbocycles. The monoisotopic (exact) mass is 203 g/mol. The third kappa shape index (κ3) is 4.94. The van der Waals surface area contributed by atoms with Gasteiger partial charge in [0.1, 0.15) is 0 Å². The summed E-state index contributed by atoms with van der Waals surface area (Å²) in [4.78, 5) is 0. The number of hydrogen-bond acceptors (Lipinski definition) is 3. The fourth-order valence-electron chi connectivity index (χ4n) is 1.80. The molecule has 0 aliphatic heterocycles. The molecule has 0 unspecified atom stereocenters. The average Bonchev–Trinajstić information content (AvgIpc) is 2.19. The first kappa shape index (κ1) is 13.9. The van der Waals surface area contributed by atoms with E-state index in [2.05, 4.69) is 13.8 Å². The first-order valence-electron chi connectivity index (χ1n) is 5.69. The predicted octanol–water partition coefficient (Wildman–Crippen LogP) is 1.68. The molecule has 0 radical (unpaired) electrons. The quantitative estimate of drug-likeness (QED) is 0.561. The summed E-state index contributed by atoms with van der Waals surface area (Å²) < 4.78 is 5.82. The van der Waals surface area contributed by atoms with E-state index in [1.54, 1.807) is 0 Å². The molecule has 3 N–H and O–H groups in total. The summed E-state index contributed by atoms with van der Waals surface area (Å²) in [7, 11) is 0. The highest BCUT2D eigenvalue weighted by atomic mass is 16.5. The summed E-state index contributed by atoms with van der Waals surface area (Å²) in [6, 6.07) is 0. The second-order valence-corrected chi connectivity index (χ2v) is 3.81. The third-order valence-corrected chi connectivity index (χ3v) is 2.49. The zero-order chi connectivity index (χ0) is 10.9. The van der Waals surface area contributed by atoms with Crippen molar-refractivity contribution in [2.24, 2.45) is 5.73 Å². The summed E-state index contributed by atoms with van der Waals surface area (Å²) >= 11 is 0. The Morgan fingerprint density at radius 2 is 1.79 bits per heavy atom. The molecule has 0 amide bonds. The van der Waals surface area contributed by atoms with Gasteiger partial charge in [0.05, 0.1) is 5.60 Å². The van der Waals surface area contributed by atoms with Gasteiger partial charge in [0.15, 0.2) is 0 Å². The van der Waals surface area contributed by atoms with Crippen molar-refractivity contribution in [3.63, 3.8) is 0 Å². The van der Waals surface area contributed by atoms with E-state index < -0.39 is 0 Å². The minimum Gasteiger partial charge on any atom is -0.396 e. The van der Waals surface area contributed by atoms with Crippen molar-refractivity contribution in [3.8, 4) is 0 Å². The summed E-state index contributed by atoms with van der Waals surface area (Å²) in [6.07, 6.45) is 4.92. The Morgan fingerprint density at radius 1 is 1.21 bits per heavy atom. The van der Waals surface area contributed by atoms with Gasteiger partial charge in [-0.15, -0.1) is 0 Å². The Morgan fingerprint density at radius 3 is 2.14 bits per heavy atom. The van der Waals surface area contributed by atoms with Crippen LogP contribution in [0.25, 0.3) is 0 Å². The predicted molar refractivity (Wildman–Crippen MR) is 59.3 cm³/mol. The fourth-order valence-corrected chi connectivity index (χ4v) is 1.80. The first-order chi connectivity index (χ1) is 6.74. The van der Waals surface area contributed by atoms with E-state index in [-0.39, 0.29) is 12.2 Å². The molecule has 0 saturated heterocycles. The highest BCUT2D eigenvalue weighted by molar-refractivity contribution is 4.81. The molecular weight excluding hydrogens is 178 g/mol. The molecule has 0 aromatic rings. The van der Waals surface area contributed by atoms with Crippen molar-refractivity contribution >= 4 is 0 Å². The Bertz CT molecular complexity index is 122. The van der Waals surface area contributed by atoms with E-state index >= 15 is 0 Å². The maximum Gasteiger partial charge on any atom is 0.0803 e. The van der Waals surface area contributed by atoms with Gasteiger partial charge in [-0.3, -0.25) is 0 Å². The number of ether oxygens (including phenoxy) is 1. The van der Waals surface area contributed by atoms with Crippen LogP contribution in [0.15, 0.2) is 0 Å². The number of nitrogens with two attached hydrogens (primary N) is 1. The van der Waals surface area contributed by atoms with E-state index in [1.165, 1.54) is 0 Å². The molecule has 0 aromatic heterocycles. The first-order valence-corrected chi connectivity index (χ1v) is 5.69. The minimum absolute atomic E-state index is 0.140. The zero-order valence-corrected chi connectivity index (χ0v) is 9.59. The summed E-state index contributed by atoms with van der Waals surface area (Å²) in [5.41, 5.74) is 5.63. The van der Waals surface area contributed by atoms with Crippen LogP contribution in [0.2, 0.25) is 0 Å². The van der Waals surface area contributed by atoms with Gasteiger partial charge in [0.2, 0.25) is 0 Å². The van der Waals surface area contributed by atoms with Crippen molar-refractivity contribution in [1.29, 1.82) is 0 Å². The van der Waals surface area contributed by atoms with E-state index in [0.29, 0.717) is 19.6 Å². The van der Waals surface area contributed by atoms with Crippen LogP contribution in [0, 0.1) is 0 Å². The summed E-state index contributed by atoms with van der Waals surface area (Å²) in [6.45, 7) is 5.69. The van der Waals surface area contributed by atoms with Gasteiger partial charge in [-0.05, 0) is 19.3 Å². The average molecular weight is 203 g/mol. The summed E-state index contributed by atoms with van der Waals surface area (Å²) in [5, 5.41) is 8.68. The van der Waals surface area contributed by atoms with Gasteiger partial charge in [0, 0.05) is 19.8 Å². The lowest BCUT2D eigenvalue weighted by Gasteiger charge is -2.32. The molecule has 0 spiro atoms. The highest BCUT2D eigenvalue weighted by Gasteiger charge is 2.26. The van der Waals surface area contributed by atoms with Gasteiger partial charge in [-0.25, -0.2) is 0 Å². The summed E-state index contributed by atoms with van der Waals surface area (Å²) in [5.74, 6) is 0. The molecule has 0 aliphatic carbocycles.